The van der Waals surface area contributed by atoms with Crippen molar-refractivity contribution in [2.75, 3.05) is 6.61 Å². The highest BCUT2D eigenvalue weighted by atomic mass is 16.5. The number of oxazole rings is 1. The van der Waals surface area contributed by atoms with Crippen molar-refractivity contribution < 1.29 is 9.15 Å². The van der Waals surface area contributed by atoms with Gasteiger partial charge in [-0.05, 0) is 19.9 Å². The van der Waals surface area contributed by atoms with Gasteiger partial charge in [-0.2, -0.15) is 5.26 Å². The molecule has 0 amide bonds. The smallest absolute Gasteiger partial charge is 0.211 e. The number of para-hydroxylation sites is 1. The molecule has 0 fully saturated rings. The molecule has 0 bridgehead atoms. The fraction of sp³-hybridized carbons (Fsp3) is 0.333. The molecule has 5 heteroatoms. The molecule has 0 saturated heterocycles. The Kier molecular flexibility index (Phi) is 4.75. The number of hydrogen-bond acceptors (Lipinski definition) is 5. The zero-order valence-corrected chi connectivity index (χ0v) is 11.6. The quantitative estimate of drug-likeness (QED) is 0.874. The van der Waals surface area contributed by atoms with Gasteiger partial charge in [-0.3, -0.25) is 0 Å². The molecule has 0 aliphatic rings. The van der Waals surface area contributed by atoms with Crippen molar-refractivity contribution in [3.8, 4) is 11.8 Å². The van der Waals surface area contributed by atoms with Crippen molar-refractivity contribution in [2.45, 2.75) is 26.4 Å². The first-order valence-corrected chi connectivity index (χ1v) is 6.44. The lowest BCUT2D eigenvalue weighted by atomic mass is 10.2. The summed E-state index contributed by atoms with van der Waals surface area (Å²) in [5, 5.41) is 11.9. The van der Waals surface area contributed by atoms with E-state index in [1.807, 2.05) is 44.2 Å². The van der Waals surface area contributed by atoms with Crippen molar-refractivity contribution in [2.24, 2.45) is 0 Å². The van der Waals surface area contributed by atoms with Gasteiger partial charge in [0, 0.05) is 12.1 Å². The summed E-state index contributed by atoms with van der Waals surface area (Å²) in [5.74, 6) is 2.18. The van der Waals surface area contributed by atoms with Crippen LogP contribution in [0, 0.1) is 18.3 Å². The van der Waals surface area contributed by atoms with Crippen molar-refractivity contribution >= 4 is 0 Å². The van der Waals surface area contributed by atoms with Gasteiger partial charge < -0.3 is 14.5 Å². The van der Waals surface area contributed by atoms with Crippen LogP contribution in [0.2, 0.25) is 0 Å². The molecule has 1 unspecified atom stereocenters. The number of nitrogens with zero attached hydrogens (tertiary/aromatic N) is 2. The number of nitriles is 1. The van der Waals surface area contributed by atoms with Crippen molar-refractivity contribution in [1.82, 2.24) is 10.3 Å². The van der Waals surface area contributed by atoms with Crippen LogP contribution in [0.5, 0.6) is 5.75 Å². The van der Waals surface area contributed by atoms with E-state index in [0.717, 1.165) is 17.1 Å². The molecule has 5 nitrogen and oxygen atoms in total. The van der Waals surface area contributed by atoms with E-state index in [9.17, 15) is 0 Å². The van der Waals surface area contributed by atoms with Crippen LogP contribution in [0.15, 0.2) is 34.9 Å². The lowest BCUT2D eigenvalue weighted by molar-refractivity contribution is 0.358. The van der Waals surface area contributed by atoms with E-state index < -0.39 is 0 Å². The molecule has 1 atom stereocenters. The normalized spacial score (nSPS) is 11.8. The van der Waals surface area contributed by atoms with Crippen LogP contribution in [0.3, 0.4) is 0 Å². The van der Waals surface area contributed by atoms with Crippen LogP contribution < -0.4 is 10.1 Å². The molecule has 2 aromatic rings. The summed E-state index contributed by atoms with van der Waals surface area (Å²) < 4.78 is 10.9. The van der Waals surface area contributed by atoms with E-state index >= 15 is 0 Å². The summed E-state index contributed by atoms with van der Waals surface area (Å²) >= 11 is 0. The Morgan fingerprint density at radius 3 is 2.95 bits per heavy atom. The van der Waals surface area contributed by atoms with Gasteiger partial charge in [0.15, 0.2) is 6.61 Å². The zero-order valence-electron chi connectivity index (χ0n) is 11.6. The van der Waals surface area contributed by atoms with E-state index in [1.165, 1.54) is 0 Å². The Balaban J connectivity index is 1.98. The molecule has 0 saturated carbocycles. The highest BCUT2D eigenvalue weighted by Gasteiger charge is 2.11. The highest BCUT2D eigenvalue weighted by Crippen LogP contribution is 2.19. The molecule has 2 rings (SSSR count). The SMILES string of the molecule is Cc1cnc(C(C)NCc2ccccc2OCC#N)o1. The van der Waals surface area contributed by atoms with Gasteiger partial charge in [0.2, 0.25) is 5.89 Å². The maximum Gasteiger partial charge on any atom is 0.211 e. The summed E-state index contributed by atoms with van der Waals surface area (Å²) in [4.78, 5) is 4.20. The fourth-order valence-corrected chi connectivity index (χ4v) is 1.82. The Morgan fingerprint density at radius 2 is 2.25 bits per heavy atom. The summed E-state index contributed by atoms with van der Waals surface area (Å²) in [7, 11) is 0. The summed E-state index contributed by atoms with van der Waals surface area (Å²) in [6.45, 7) is 4.52. The average Bonchev–Trinajstić information content (AvgIpc) is 2.90. The van der Waals surface area contributed by atoms with E-state index in [0.29, 0.717) is 12.4 Å². The number of aromatic nitrogens is 1. The molecule has 1 heterocycles. The molecule has 1 aromatic carbocycles. The Morgan fingerprint density at radius 1 is 1.45 bits per heavy atom. The number of rotatable bonds is 6. The van der Waals surface area contributed by atoms with Gasteiger partial charge in [-0.25, -0.2) is 4.98 Å². The van der Waals surface area contributed by atoms with Gasteiger partial charge >= 0.3 is 0 Å². The third kappa shape index (κ3) is 3.59. The second-order valence-corrected chi connectivity index (χ2v) is 4.47. The lowest BCUT2D eigenvalue weighted by Gasteiger charge is -2.13. The Bertz CT molecular complexity index is 601. The van der Waals surface area contributed by atoms with Crippen LogP contribution in [0.25, 0.3) is 0 Å². The van der Waals surface area contributed by atoms with Crippen molar-refractivity contribution in [1.29, 1.82) is 5.26 Å². The van der Waals surface area contributed by atoms with E-state index in [4.69, 9.17) is 14.4 Å². The number of ether oxygens (including phenoxy) is 1. The number of hydrogen-bond donors (Lipinski definition) is 1. The molecule has 104 valence electrons. The van der Waals surface area contributed by atoms with E-state index in [2.05, 4.69) is 10.3 Å². The van der Waals surface area contributed by atoms with Crippen LogP contribution in [0.4, 0.5) is 0 Å². The number of nitrogens with one attached hydrogen (secondary N) is 1. The molecular formula is C15H17N3O2. The highest BCUT2D eigenvalue weighted by molar-refractivity contribution is 5.33. The third-order valence-corrected chi connectivity index (χ3v) is 2.87. The predicted octanol–water partition coefficient (Wildman–Crippen LogP) is 2.74. The van der Waals surface area contributed by atoms with E-state index in [1.54, 1.807) is 6.20 Å². The van der Waals surface area contributed by atoms with Crippen LogP contribution in [-0.2, 0) is 6.54 Å². The minimum atomic E-state index is 0.00715. The first-order chi connectivity index (χ1) is 9.70. The van der Waals surface area contributed by atoms with Crippen LogP contribution in [0.1, 0.15) is 30.2 Å². The fourth-order valence-electron chi connectivity index (χ4n) is 1.82. The minimum absolute atomic E-state index is 0.00715. The second-order valence-electron chi connectivity index (χ2n) is 4.47. The molecular weight excluding hydrogens is 254 g/mol. The van der Waals surface area contributed by atoms with Crippen molar-refractivity contribution in [3.05, 3.63) is 47.7 Å². The first kappa shape index (κ1) is 14.1. The molecule has 1 aromatic heterocycles. The van der Waals surface area contributed by atoms with Gasteiger partial charge in [-0.15, -0.1) is 0 Å². The average molecular weight is 271 g/mol. The minimum Gasteiger partial charge on any atom is -0.478 e. The zero-order chi connectivity index (χ0) is 14.4. The topological polar surface area (TPSA) is 71.1 Å². The molecule has 20 heavy (non-hydrogen) atoms. The summed E-state index contributed by atoms with van der Waals surface area (Å²) in [6, 6.07) is 9.62. The second kappa shape index (κ2) is 6.73. The largest absolute Gasteiger partial charge is 0.478 e. The van der Waals surface area contributed by atoms with E-state index in [-0.39, 0.29) is 12.6 Å². The van der Waals surface area contributed by atoms with Gasteiger partial charge in [-0.1, -0.05) is 18.2 Å². The van der Waals surface area contributed by atoms with Crippen LogP contribution in [-0.4, -0.2) is 11.6 Å². The predicted molar refractivity (Wildman–Crippen MR) is 74.0 cm³/mol. The molecule has 0 aliphatic heterocycles. The third-order valence-electron chi connectivity index (χ3n) is 2.87. The summed E-state index contributed by atoms with van der Waals surface area (Å²) in [5.41, 5.74) is 0.998. The van der Waals surface area contributed by atoms with Gasteiger partial charge in [0.05, 0.1) is 12.2 Å². The molecule has 0 aliphatic carbocycles. The number of aryl methyl sites for hydroxylation is 1. The maximum absolute atomic E-state index is 8.58. The summed E-state index contributed by atoms with van der Waals surface area (Å²) in [6.07, 6.45) is 1.71. The Labute approximate surface area is 118 Å². The standard InChI is InChI=1S/C15H17N3O2/c1-11-9-18-15(20-11)12(2)17-10-13-5-3-4-6-14(13)19-8-7-16/h3-6,9,12,17H,8,10H2,1-2H3. The van der Waals surface area contributed by atoms with Crippen LogP contribution >= 0.6 is 0 Å². The maximum atomic E-state index is 8.58. The van der Waals surface area contributed by atoms with Crippen molar-refractivity contribution in [3.63, 3.8) is 0 Å². The monoisotopic (exact) mass is 271 g/mol. The first-order valence-electron chi connectivity index (χ1n) is 6.44. The molecule has 1 N–H and O–H groups in total. The molecule has 0 spiro atoms. The number of benzene rings is 1. The van der Waals surface area contributed by atoms with Gasteiger partial charge in [0.1, 0.15) is 17.6 Å². The molecule has 0 radical (unpaired) electrons. The van der Waals surface area contributed by atoms with Gasteiger partial charge in [0.25, 0.3) is 0 Å². The Hall–Kier alpha value is -2.32. The lowest BCUT2D eigenvalue weighted by Crippen LogP contribution is -2.18.